The summed E-state index contributed by atoms with van der Waals surface area (Å²) < 4.78 is 37.1. The van der Waals surface area contributed by atoms with E-state index < -0.39 is 17.2 Å². The number of ether oxygens (including phenoxy) is 1. The molecular formula is C26H25ClF2N2O. The van der Waals surface area contributed by atoms with Crippen molar-refractivity contribution in [2.75, 3.05) is 0 Å². The maximum absolute atomic E-state index is 15.8. The van der Waals surface area contributed by atoms with Gasteiger partial charge in [0.05, 0.1) is 10.7 Å². The fourth-order valence-electron chi connectivity index (χ4n) is 4.47. The molecule has 2 N–H and O–H groups in total. The van der Waals surface area contributed by atoms with Crippen LogP contribution >= 0.6 is 11.6 Å². The molecule has 2 aromatic carbocycles. The van der Waals surface area contributed by atoms with Gasteiger partial charge in [0.1, 0.15) is 17.2 Å². The van der Waals surface area contributed by atoms with E-state index in [1.807, 2.05) is 51.1 Å². The van der Waals surface area contributed by atoms with Gasteiger partial charge in [-0.2, -0.15) is 0 Å². The molecule has 3 aromatic rings. The van der Waals surface area contributed by atoms with Crippen LogP contribution in [-0.2, 0) is 12.0 Å². The van der Waals surface area contributed by atoms with E-state index >= 15 is 8.78 Å². The Kier molecular flexibility index (Phi) is 5.72. The molecule has 6 heteroatoms. The van der Waals surface area contributed by atoms with Crippen LogP contribution in [0.25, 0.3) is 16.8 Å². The highest BCUT2D eigenvalue weighted by Crippen LogP contribution is 2.56. The number of pyridine rings is 1. The van der Waals surface area contributed by atoms with Crippen LogP contribution in [0.1, 0.15) is 55.5 Å². The van der Waals surface area contributed by atoms with Crippen molar-refractivity contribution in [2.24, 2.45) is 5.73 Å². The van der Waals surface area contributed by atoms with E-state index in [1.54, 1.807) is 0 Å². The average molecular weight is 455 g/mol. The molecule has 2 unspecified atom stereocenters. The van der Waals surface area contributed by atoms with Gasteiger partial charge in [0.15, 0.2) is 5.82 Å². The SMILES string of the molecule is C=C(N)c1cnc(CCC)c(F)c1-c1c(Cl)c(F)cc2c1C(C)C(C)(c1ccccc1)O2. The summed E-state index contributed by atoms with van der Waals surface area (Å²) in [6, 6.07) is 10.9. The number of benzene rings is 2. The Morgan fingerprint density at radius 1 is 1.25 bits per heavy atom. The molecule has 0 fully saturated rings. The summed E-state index contributed by atoms with van der Waals surface area (Å²) in [6.45, 7) is 9.62. The van der Waals surface area contributed by atoms with Crippen LogP contribution in [0.15, 0.2) is 49.2 Å². The molecule has 2 atom stereocenters. The van der Waals surface area contributed by atoms with Crippen LogP contribution < -0.4 is 10.5 Å². The molecule has 2 heterocycles. The van der Waals surface area contributed by atoms with Crippen LogP contribution in [0.4, 0.5) is 8.78 Å². The van der Waals surface area contributed by atoms with E-state index in [9.17, 15) is 0 Å². The second-order valence-corrected chi connectivity index (χ2v) is 8.72. The second kappa shape index (κ2) is 8.21. The summed E-state index contributed by atoms with van der Waals surface area (Å²) in [4.78, 5) is 4.23. The largest absolute Gasteiger partial charge is 0.482 e. The summed E-state index contributed by atoms with van der Waals surface area (Å²) in [5.74, 6) is -1.17. The van der Waals surface area contributed by atoms with Crippen molar-refractivity contribution in [3.8, 4) is 16.9 Å². The fourth-order valence-corrected chi connectivity index (χ4v) is 4.72. The maximum Gasteiger partial charge on any atom is 0.153 e. The summed E-state index contributed by atoms with van der Waals surface area (Å²) >= 11 is 6.51. The molecule has 0 radical (unpaired) electrons. The number of aromatic nitrogens is 1. The Morgan fingerprint density at radius 3 is 2.56 bits per heavy atom. The lowest BCUT2D eigenvalue weighted by Crippen LogP contribution is -2.30. The van der Waals surface area contributed by atoms with Gasteiger partial charge in [-0.15, -0.1) is 0 Å². The van der Waals surface area contributed by atoms with E-state index in [1.165, 1.54) is 12.3 Å². The van der Waals surface area contributed by atoms with E-state index in [-0.39, 0.29) is 39.0 Å². The van der Waals surface area contributed by atoms with Gasteiger partial charge in [0, 0.05) is 46.1 Å². The predicted molar refractivity (Wildman–Crippen MR) is 125 cm³/mol. The number of aryl methyl sites for hydroxylation is 1. The molecule has 0 spiro atoms. The Hall–Kier alpha value is -2.92. The zero-order valence-corrected chi connectivity index (χ0v) is 19.1. The first-order valence-electron chi connectivity index (χ1n) is 10.6. The molecule has 32 heavy (non-hydrogen) atoms. The second-order valence-electron chi connectivity index (χ2n) is 8.34. The molecule has 1 aliphatic rings. The number of hydrogen-bond acceptors (Lipinski definition) is 3. The quantitative estimate of drug-likeness (QED) is 0.452. The summed E-state index contributed by atoms with van der Waals surface area (Å²) in [5.41, 5.74) is 7.82. The zero-order chi connectivity index (χ0) is 23.2. The standard InChI is InChI=1S/C26H25ClF2N2O/c1-5-9-19-25(29)22(17(13-31-19)15(3)30)23-21-14(2)26(4,16-10-7-6-8-11-16)32-20(21)12-18(28)24(23)27/h6-8,10-14H,3,5,9,30H2,1-2,4H3. The molecule has 166 valence electrons. The van der Waals surface area contributed by atoms with Crippen molar-refractivity contribution < 1.29 is 13.5 Å². The first kappa shape index (κ1) is 22.3. The summed E-state index contributed by atoms with van der Waals surface area (Å²) in [6.07, 6.45) is 2.61. The number of fused-ring (bicyclic) bond motifs is 1. The molecule has 0 aliphatic carbocycles. The first-order chi connectivity index (χ1) is 15.2. The van der Waals surface area contributed by atoms with Gasteiger partial charge in [-0.3, -0.25) is 4.98 Å². The van der Waals surface area contributed by atoms with Gasteiger partial charge >= 0.3 is 0 Å². The number of nitrogens with zero attached hydrogens (tertiary/aromatic N) is 1. The van der Waals surface area contributed by atoms with Crippen LogP contribution in [0.5, 0.6) is 5.75 Å². The molecule has 1 aliphatic heterocycles. The third kappa shape index (κ3) is 3.36. The predicted octanol–water partition coefficient (Wildman–Crippen LogP) is 6.97. The Balaban J connectivity index is 2.03. The highest BCUT2D eigenvalue weighted by atomic mass is 35.5. The third-order valence-corrected chi connectivity index (χ3v) is 6.69. The highest BCUT2D eigenvalue weighted by molar-refractivity contribution is 6.34. The molecule has 0 bridgehead atoms. The van der Waals surface area contributed by atoms with Crippen LogP contribution in [0.3, 0.4) is 0 Å². The lowest BCUT2D eigenvalue weighted by Gasteiger charge is -2.29. The van der Waals surface area contributed by atoms with Crippen molar-refractivity contribution in [3.63, 3.8) is 0 Å². The van der Waals surface area contributed by atoms with Gasteiger partial charge < -0.3 is 10.5 Å². The Bertz CT molecular complexity index is 1210. The monoisotopic (exact) mass is 454 g/mol. The lowest BCUT2D eigenvalue weighted by molar-refractivity contribution is 0.0922. The molecular weight excluding hydrogens is 430 g/mol. The van der Waals surface area contributed by atoms with Crippen molar-refractivity contribution in [2.45, 2.75) is 45.1 Å². The van der Waals surface area contributed by atoms with Crippen molar-refractivity contribution in [1.82, 2.24) is 4.98 Å². The number of nitrogens with two attached hydrogens (primary N) is 1. The third-order valence-electron chi connectivity index (χ3n) is 6.32. The van der Waals surface area contributed by atoms with Gasteiger partial charge in [0.25, 0.3) is 0 Å². The highest BCUT2D eigenvalue weighted by Gasteiger charge is 2.46. The van der Waals surface area contributed by atoms with E-state index in [2.05, 4.69) is 11.6 Å². The van der Waals surface area contributed by atoms with E-state index in [0.29, 0.717) is 24.2 Å². The van der Waals surface area contributed by atoms with Crippen LogP contribution in [0, 0.1) is 11.6 Å². The van der Waals surface area contributed by atoms with Crippen molar-refractivity contribution >= 4 is 17.3 Å². The minimum atomic E-state index is -0.787. The molecule has 0 saturated carbocycles. The number of halogens is 3. The minimum absolute atomic E-state index is 0.115. The topological polar surface area (TPSA) is 48.1 Å². The molecule has 1 aromatic heterocycles. The van der Waals surface area contributed by atoms with Gasteiger partial charge in [-0.1, -0.05) is 68.8 Å². The summed E-state index contributed by atoms with van der Waals surface area (Å²) in [5, 5.41) is -0.174. The van der Waals surface area contributed by atoms with Crippen LogP contribution in [-0.4, -0.2) is 4.98 Å². The van der Waals surface area contributed by atoms with E-state index in [0.717, 1.165) is 5.56 Å². The maximum atomic E-state index is 15.8. The number of rotatable bonds is 5. The average Bonchev–Trinajstić information content (AvgIpc) is 3.02. The van der Waals surface area contributed by atoms with Crippen molar-refractivity contribution in [3.05, 3.63) is 88.2 Å². The lowest BCUT2D eigenvalue weighted by atomic mass is 9.78. The number of hydrogen-bond donors (Lipinski definition) is 1. The molecule has 4 rings (SSSR count). The van der Waals surface area contributed by atoms with Gasteiger partial charge in [-0.25, -0.2) is 8.78 Å². The Labute approximate surface area is 191 Å². The van der Waals surface area contributed by atoms with Crippen molar-refractivity contribution in [1.29, 1.82) is 0 Å². The summed E-state index contributed by atoms with van der Waals surface area (Å²) in [7, 11) is 0. The minimum Gasteiger partial charge on any atom is -0.482 e. The Morgan fingerprint density at radius 2 is 1.94 bits per heavy atom. The van der Waals surface area contributed by atoms with Gasteiger partial charge in [-0.05, 0) is 18.9 Å². The first-order valence-corrected chi connectivity index (χ1v) is 11.0. The molecule has 3 nitrogen and oxygen atoms in total. The normalized spacial score (nSPS) is 19.5. The van der Waals surface area contributed by atoms with E-state index in [4.69, 9.17) is 22.1 Å². The smallest absolute Gasteiger partial charge is 0.153 e. The van der Waals surface area contributed by atoms with Gasteiger partial charge in [0.2, 0.25) is 0 Å². The molecule has 0 amide bonds. The fraction of sp³-hybridized carbons (Fsp3) is 0.269. The molecule has 0 saturated heterocycles. The zero-order valence-electron chi connectivity index (χ0n) is 18.3. The van der Waals surface area contributed by atoms with Crippen LogP contribution in [0.2, 0.25) is 5.02 Å².